The topological polar surface area (TPSA) is 289 Å². The van der Waals surface area contributed by atoms with Crippen LogP contribution in [-0.4, -0.2) is 116 Å². The van der Waals surface area contributed by atoms with E-state index < -0.39 is 37.0 Å². The maximum Gasteiger partial charge on any atom is 3.00 e. The maximum absolute atomic E-state index is 11.9. The monoisotopic (exact) mass is 929 g/mol. The fourth-order valence-corrected chi connectivity index (χ4v) is 5.69. The third kappa shape index (κ3) is 19.5. The third-order valence-corrected chi connectivity index (χ3v) is 8.39. The number of hydrogen-bond donors (Lipinski definition) is 5. The Balaban J connectivity index is 0.000000561. The van der Waals surface area contributed by atoms with Gasteiger partial charge in [0.05, 0.1) is 25.0 Å². The normalized spacial score (nSPS) is 10.7. The molecule has 4 aromatic carbocycles. The van der Waals surface area contributed by atoms with Gasteiger partial charge in [0.25, 0.3) is 0 Å². The quantitative estimate of drug-likeness (QED) is 0.0656. The first kappa shape index (κ1) is 51.2. The van der Waals surface area contributed by atoms with Crippen LogP contribution in [0, 0.1) is 41.7 Å². The molecule has 18 heteroatoms. The summed E-state index contributed by atoms with van der Waals surface area (Å²) < 4.78 is 0. The van der Waals surface area contributed by atoms with E-state index in [1.807, 2.05) is 0 Å². The predicted octanol–water partition coefficient (Wildman–Crippen LogP) is -0.629. The number of nitrogens with zero attached hydrogens (tertiary/aromatic N) is 4. The van der Waals surface area contributed by atoms with E-state index in [4.69, 9.17) is 10.2 Å². The van der Waals surface area contributed by atoms with Gasteiger partial charge in [0, 0.05) is 76.6 Å². The minimum absolute atomic E-state index is 0. The maximum atomic E-state index is 11.9. The molecule has 17 nitrogen and oxygen atoms in total. The van der Waals surface area contributed by atoms with Crippen molar-refractivity contribution in [2.45, 2.75) is 26.2 Å². The Morgan fingerprint density at radius 3 is 0.983 bits per heavy atom. The molecule has 1 radical (unpaired) electrons. The van der Waals surface area contributed by atoms with Gasteiger partial charge >= 0.3 is 53.7 Å². The van der Waals surface area contributed by atoms with Crippen molar-refractivity contribution in [1.82, 2.24) is 25.8 Å². The number of carboxylic acid groups (broad SMARTS) is 4. The van der Waals surface area contributed by atoms with Gasteiger partial charge in [-0.2, -0.15) is 0 Å². The number of carboxylic acids is 4. The first-order chi connectivity index (χ1) is 26.7. The van der Waals surface area contributed by atoms with E-state index in [2.05, 4.69) is 0 Å². The Labute approximate surface area is 370 Å². The molecular formula is C40H47CeN5O12-. The van der Waals surface area contributed by atoms with E-state index in [-0.39, 0.29) is 136 Å². The van der Waals surface area contributed by atoms with E-state index in [0.29, 0.717) is 22.3 Å². The molecule has 0 saturated carbocycles. The zero-order chi connectivity index (χ0) is 41.0. The number of benzene rings is 4. The van der Waals surface area contributed by atoms with Gasteiger partial charge in [-0.05, 0) is 23.3 Å². The van der Waals surface area contributed by atoms with Crippen molar-refractivity contribution in [2.75, 3.05) is 52.4 Å². The average Bonchev–Trinajstić information content (AvgIpc) is 3.12. The molecule has 309 valence electrons. The number of carbonyl (C=O) groups excluding carboxylic acids is 2. The summed E-state index contributed by atoms with van der Waals surface area (Å²) >= 11 is 0. The molecule has 0 amide bonds. The summed E-state index contributed by atoms with van der Waals surface area (Å²) in [6.45, 7) is 0.189. The number of rotatable bonds is 22. The Morgan fingerprint density at radius 1 is 0.448 bits per heavy atom. The van der Waals surface area contributed by atoms with Crippen molar-refractivity contribution in [3.05, 3.63) is 119 Å². The molecule has 4 aromatic rings. The van der Waals surface area contributed by atoms with Crippen molar-refractivity contribution in [1.29, 1.82) is 0 Å². The molecule has 0 heterocycles. The summed E-state index contributed by atoms with van der Waals surface area (Å²) in [7, 11) is 0. The smallest absolute Gasteiger partial charge is 0.872 e. The fourth-order valence-electron chi connectivity index (χ4n) is 5.69. The molecular weight excluding hydrogens is 883 g/mol. The second kappa shape index (κ2) is 26.9. The molecule has 0 aliphatic heterocycles. The minimum atomic E-state index is -1.31. The molecule has 0 aliphatic rings. The fraction of sp³-hybridized carbons (Fsp3) is 0.300. The van der Waals surface area contributed by atoms with Gasteiger partial charge in [0.2, 0.25) is 0 Å². The first-order valence-corrected chi connectivity index (χ1v) is 17.5. The molecule has 0 aliphatic carbocycles. The van der Waals surface area contributed by atoms with Crippen LogP contribution in [0.1, 0.15) is 22.3 Å². The Morgan fingerprint density at radius 2 is 0.707 bits per heavy atom. The van der Waals surface area contributed by atoms with Crippen LogP contribution in [0.15, 0.2) is 97.1 Å². The van der Waals surface area contributed by atoms with Gasteiger partial charge < -0.3 is 56.6 Å². The first-order valence-electron chi connectivity index (χ1n) is 17.5. The Hall–Kier alpha value is -4.86. The van der Waals surface area contributed by atoms with Crippen LogP contribution in [-0.2, 0) is 45.4 Å². The number of para-hydroxylation sites is 4. The van der Waals surface area contributed by atoms with Crippen molar-refractivity contribution < 1.29 is 102 Å². The molecule has 0 bridgehead atoms. The summed E-state index contributed by atoms with van der Waals surface area (Å²) in [5.41, 5.74) is 2.05. The molecule has 0 fully saturated rings. The standard InChI is InChI=1S/2C20H24N2O6.Ce.H3N/c2*23-17-7-3-1-5-15(17)11-21(13-19(25)26)9-10-22(14-20(27)28)12-16-6-2-4-8-18(16)24;;/h2*1-8,23-24H,9-14H2,(H,25,26)(H,27,28);;1H3/q;;+3;/p-4. The van der Waals surface area contributed by atoms with Gasteiger partial charge in [-0.25, -0.2) is 0 Å². The SMILES string of the molecule is N.O=C(O)CN(CCN(CC(=O)O)Cc1ccccc1O)Cc1ccccc1O.O=C([O-])CN(CCN(CC(=O)[O-])Cc1ccccc1[O-])Cc1ccccc1[O-].[Ce+3]. The van der Waals surface area contributed by atoms with Crippen molar-refractivity contribution >= 4 is 23.9 Å². The second-order valence-electron chi connectivity index (χ2n) is 12.8. The van der Waals surface area contributed by atoms with E-state index >= 15 is 0 Å². The number of phenols is 2. The summed E-state index contributed by atoms with van der Waals surface area (Å²) in [6.07, 6.45) is 0. The van der Waals surface area contributed by atoms with Crippen molar-refractivity contribution in [3.63, 3.8) is 0 Å². The molecule has 0 aromatic heterocycles. The largest absolute Gasteiger partial charge is 3.00 e. The van der Waals surface area contributed by atoms with Gasteiger partial charge in [0.1, 0.15) is 11.5 Å². The van der Waals surface area contributed by atoms with Crippen LogP contribution in [0.5, 0.6) is 23.0 Å². The summed E-state index contributed by atoms with van der Waals surface area (Å²) in [5.74, 6) is -4.90. The van der Waals surface area contributed by atoms with Crippen LogP contribution < -0.4 is 26.6 Å². The Kier molecular flexibility index (Phi) is 23.8. The van der Waals surface area contributed by atoms with Gasteiger partial charge in [-0.3, -0.25) is 29.2 Å². The Bertz CT molecular complexity index is 1630. The van der Waals surface area contributed by atoms with E-state index in [1.54, 1.807) is 82.6 Å². The molecule has 0 spiro atoms. The predicted molar refractivity (Wildman–Crippen MR) is 199 cm³/mol. The third-order valence-electron chi connectivity index (χ3n) is 8.39. The summed E-state index contributed by atoms with van der Waals surface area (Å²) in [4.78, 5) is 50.7. The van der Waals surface area contributed by atoms with Crippen LogP contribution in [0.4, 0.5) is 0 Å². The average molecular weight is 930 g/mol. The number of hydrogen-bond acceptors (Lipinski definition) is 15. The summed E-state index contributed by atoms with van der Waals surface area (Å²) in [6, 6.07) is 25.9. The van der Waals surface area contributed by atoms with Gasteiger partial charge in [0.15, 0.2) is 0 Å². The van der Waals surface area contributed by atoms with Crippen LogP contribution in [0.25, 0.3) is 0 Å². The number of aromatic hydroxyl groups is 2. The molecule has 0 atom stereocenters. The second-order valence-corrected chi connectivity index (χ2v) is 12.8. The van der Waals surface area contributed by atoms with Crippen LogP contribution in [0.2, 0.25) is 0 Å². The van der Waals surface area contributed by atoms with Crippen LogP contribution in [0.3, 0.4) is 0 Å². The molecule has 58 heavy (non-hydrogen) atoms. The number of carbonyl (C=O) groups is 4. The van der Waals surface area contributed by atoms with E-state index in [9.17, 15) is 49.8 Å². The molecule has 0 saturated heterocycles. The zero-order valence-electron chi connectivity index (χ0n) is 31.8. The van der Waals surface area contributed by atoms with Gasteiger partial charge in [-0.1, -0.05) is 84.9 Å². The molecule has 7 N–H and O–H groups in total. The molecule has 0 unspecified atom stereocenters. The summed E-state index contributed by atoms with van der Waals surface area (Å²) in [5, 5.41) is 84.1. The zero-order valence-corrected chi connectivity index (χ0v) is 34.9. The van der Waals surface area contributed by atoms with Crippen molar-refractivity contribution in [2.24, 2.45) is 0 Å². The minimum Gasteiger partial charge on any atom is -0.872 e. The van der Waals surface area contributed by atoms with Crippen LogP contribution >= 0.6 is 0 Å². The molecule has 4 rings (SSSR count). The van der Waals surface area contributed by atoms with Gasteiger partial charge in [-0.15, -0.1) is 11.5 Å². The van der Waals surface area contributed by atoms with Crippen molar-refractivity contribution in [3.8, 4) is 23.0 Å². The number of phenolic OH excluding ortho intramolecular Hbond substituents is 2. The van der Waals surface area contributed by atoms with E-state index in [0.717, 1.165) is 0 Å². The van der Waals surface area contributed by atoms with E-state index in [1.165, 1.54) is 34.1 Å². The number of aliphatic carboxylic acids is 4.